The van der Waals surface area contributed by atoms with E-state index in [9.17, 15) is 0 Å². The van der Waals surface area contributed by atoms with Gasteiger partial charge in [0, 0.05) is 27.5 Å². The summed E-state index contributed by atoms with van der Waals surface area (Å²) >= 11 is 0. The van der Waals surface area contributed by atoms with Crippen LogP contribution in [-0.4, -0.2) is 15.0 Å². The summed E-state index contributed by atoms with van der Waals surface area (Å²) in [6, 6.07) is 58.3. The zero-order chi connectivity index (χ0) is 39.9. The molecule has 0 N–H and O–H groups in total. The van der Waals surface area contributed by atoms with Crippen molar-refractivity contribution in [2.45, 2.75) is 51.4 Å². The monoisotopic (exact) mass is 761 g/mol. The summed E-state index contributed by atoms with van der Waals surface area (Å²) < 4.78 is 6.61. The van der Waals surface area contributed by atoms with Gasteiger partial charge >= 0.3 is 0 Å². The number of para-hydroxylation sites is 1. The maximum atomic E-state index is 6.61. The Balaban J connectivity index is 1.08. The first-order valence-corrected chi connectivity index (χ1v) is 20.6. The zero-order valence-electron chi connectivity index (χ0n) is 33.8. The topological polar surface area (TPSA) is 51.8 Å². The molecule has 2 aromatic heterocycles. The number of hydrogen-bond donors (Lipinski definition) is 0. The molecule has 0 bridgehead atoms. The van der Waals surface area contributed by atoms with Gasteiger partial charge in [-0.2, -0.15) is 0 Å². The molecule has 0 fully saturated rings. The molecule has 4 heteroatoms. The molecule has 2 heterocycles. The van der Waals surface area contributed by atoms with E-state index in [0.717, 1.165) is 49.8 Å². The molecule has 1 aliphatic rings. The summed E-state index contributed by atoms with van der Waals surface area (Å²) in [6.45, 7) is 9.55. The van der Waals surface area contributed by atoms with E-state index >= 15 is 0 Å². The first kappa shape index (κ1) is 35.3. The molecule has 0 aliphatic heterocycles. The number of fused-ring (bicyclic) bond motifs is 7. The van der Waals surface area contributed by atoms with Gasteiger partial charge in [-0.05, 0) is 103 Å². The predicted octanol–water partition coefficient (Wildman–Crippen LogP) is 14.8. The van der Waals surface area contributed by atoms with Gasteiger partial charge < -0.3 is 4.42 Å². The molecule has 0 saturated heterocycles. The molecular formula is C55H43N3O. The van der Waals surface area contributed by atoms with Crippen LogP contribution in [0.1, 0.15) is 51.7 Å². The molecule has 8 aromatic carbocycles. The lowest BCUT2D eigenvalue weighted by atomic mass is 9.63. The summed E-state index contributed by atoms with van der Waals surface area (Å²) in [5.74, 6) is 1.84. The molecule has 284 valence electrons. The van der Waals surface area contributed by atoms with Gasteiger partial charge in [0.1, 0.15) is 11.2 Å². The Morgan fingerprint density at radius 3 is 1.75 bits per heavy atom. The largest absolute Gasteiger partial charge is 0.456 e. The smallest absolute Gasteiger partial charge is 0.164 e. The molecule has 0 spiro atoms. The zero-order valence-corrected chi connectivity index (χ0v) is 33.8. The van der Waals surface area contributed by atoms with Crippen LogP contribution < -0.4 is 0 Å². The number of hydrogen-bond acceptors (Lipinski definition) is 4. The van der Waals surface area contributed by atoms with E-state index in [-0.39, 0.29) is 10.8 Å². The third-order valence-electron chi connectivity index (χ3n) is 12.8. The van der Waals surface area contributed by atoms with Gasteiger partial charge in [-0.15, -0.1) is 0 Å². The van der Waals surface area contributed by atoms with Crippen LogP contribution in [0.2, 0.25) is 0 Å². The fraction of sp³-hybridized carbons (Fsp3) is 0.145. The van der Waals surface area contributed by atoms with Crippen molar-refractivity contribution in [1.29, 1.82) is 0 Å². The van der Waals surface area contributed by atoms with Gasteiger partial charge in [0.2, 0.25) is 0 Å². The van der Waals surface area contributed by atoms with Crippen LogP contribution in [0.4, 0.5) is 0 Å². The normalized spacial score (nSPS) is 14.6. The van der Waals surface area contributed by atoms with Gasteiger partial charge in [0.05, 0.1) is 0 Å². The van der Waals surface area contributed by atoms with Crippen molar-refractivity contribution in [3.8, 4) is 56.4 Å². The molecule has 0 radical (unpaired) electrons. The summed E-state index contributed by atoms with van der Waals surface area (Å²) in [5.41, 5.74) is 12.3. The average molecular weight is 762 g/mol. The maximum absolute atomic E-state index is 6.61. The summed E-state index contributed by atoms with van der Waals surface area (Å²) in [4.78, 5) is 15.7. The highest BCUT2D eigenvalue weighted by atomic mass is 16.3. The fourth-order valence-corrected chi connectivity index (χ4v) is 9.30. The van der Waals surface area contributed by atoms with Crippen LogP contribution >= 0.6 is 0 Å². The van der Waals surface area contributed by atoms with E-state index in [1.54, 1.807) is 0 Å². The first-order chi connectivity index (χ1) is 28.7. The van der Waals surface area contributed by atoms with Crippen LogP contribution in [0.15, 0.2) is 168 Å². The van der Waals surface area contributed by atoms with Crippen molar-refractivity contribution in [3.63, 3.8) is 0 Å². The Morgan fingerprint density at radius 2 is 0.966 bits per heavy atom. The average Bonchev–Trinajstić information content (AvgIpc) is 3.66. The lowest BCUT2D eigenvalue weighted by Crippen LogP contribution is -2.33. The van der Waals surface area contributed by atoms with Crippen LogP contribution in [0.5, 0.6) is 0 Å². The van der Waals surface area contributed by atoms with Crippen molar-refractivity contribution in [2.75, 3.05) is 0 Å². The van der Waals surface area contributed by atoms with Gasteiger partial charge in [-0.3, -0.25) is 0 Å². The van der Waals surface area contributed by atoms with Crippen LogP contribution in [0.3, 0.4) is 0 Å². The second kappa shape index (κ2) is 13.3. The van der Waals surface area contributed by atoms with E-state index in [0.29, 0.717) is 17.5 Å². The molecule has 0 atom stereocenters. The quantitative estimate of drug-likeness (QED) is 0.164. The Hall–Kier alpha value is -6.91. The molecule has 1 aliphatic carbocycles. The van der Waals surface area contributed by atoms with Crippen LogP contribution in [0.25, 0.3) is 99.9 Å². The van der Waals surface area contributed by atoms with E-state index in [1.165, 1.54) is 56.6 Å². The summed E-state index contributed by atoms with van der Waals surface area (Å²) in [7, 11) is 0. The maximum Gasteiger partial charge on any atom is 0.164 e. The number of nitrogens with zero attached hydrogens (tertiary/aromatic N) is 3. The SMILES string of the molecule is CC1(C)CCC(C)(C)c2cc(-c3ccc(-c4cc(-c5nc(-c6ccccc6)nc(-c6ccc7ccc8ccccc8c7c6)n5)c5c(c4)oc4ccccc45)cc3)ccc21. The van der Waals surface area contributed by atoms with E-state index < -0.39 is 0 Å². The van der Waals surface area contributed by atoms with E-state index in [1.807, 2.05) is 30.3 Å². The van der Waals surface area contributed by atoms with Crippen molar-refractivity contribution in [3.05, 3.63) is 175 Å². The van der Waals surface area contributed by atoms with Gasteiger partial charge in [-0.1, -0.05) is 167 Å². The Bertz CT molecular complexity index is 3270. The molecular weight excluding hydrogens is 719 g/mol. The Morgan fingerprint density at radius 1 is 0.390 bits per heavy atom. The first-order valence-electron chi connectivity index (χ1n) is 20.6. The number of benzene rings is 8. The number of aromatic nitrogens is 3. The minimum absolute atomic E-state index is 0.150. The van der Waals surface area contributed by atoms with E-state index in [2.05, 4.69) is 161 Å². The van der Waals surface area contributed by atoms with Gasteiger partial charge in [0.25, 0.3) is 0 Å². The van der Waals surface area contributed by atoms with Crippen LogP contribution in [-0.2, 0) is 10.8 Å². The Labute approximate surface area is 344 Å². The summed E-state index contributed by atoms with van der Waals surface area (Å²) in [6.07, 6.45) is 2.40. The highest BCUT2D eigenvalue weighted by Crippen LogP contribution is 2.47. The lowest BCUT2D eigenvalue weighted by Gasteiger charge is -2.42. The third-order valence-corrected chi connectivity index (χ3v) is 12.8. The molecule has 4 nitrogen and oxygen atoms in total. The second-order valence-corrected chi connectivity index (χ2v) is 17.5. The third kappa shape index (κ3) is 6.01. The van der Waals surface area contributed by atoms with E-state index in [4.69, 9.17) is 19.4 Å². The highest BCUT2D eigenvalue weighted by molar-refractivity contribution is 6.13. The molecule has 0 saturated carbocycles. The highest BCUT2D eigenvalue weighted by Gasteiger charge is 2.37. The molecule has 10 aromatic rings. The molecule has 0 unspecified atom stereocenters. The van der Waals surface area contributed by atoms with Crippen molar-refractivity contribution >= 4 is 43.5 Å². The fourth-order valence-electron chi connectivity index (χ4n) is 9.30. The molecule has 59 heavy (non-hydrogen) atoms. The summed E-state index contributed by atoms with van der Waals surface area (Å²) in [5, 5.41) is 6.76. The minimum Gasteiger partial charge on any atom is -0.456 e. The minimum atomic E-state index is 0.150. The second-order valence-electron chi connectivity index (χ2n) is 17.5. The van der Waals surface area contributed by atoms with Crippen molar-refractivity contribution in [1.82, 2.24) is 15.0 Å². The van der Waals surface area contributed by atoms with Crippen molar-refractivity contribution in [2.24, 2.45) is 0 Å². The predicted molar refractivity (Wildman–Crippen MR) is 245 cm³/mol. The van der Waals surface area contributed by atoms with Gasteiger partial charge in [0.15, 0.2) is 17.5 Å². The van der Waals surface area contributed by atoms with Crippen LogP contribution in [0, 0.1) is 0 Å². The van der Waals surface area contributed by atoms with Crippen molar-refractivity contribution < 1.29 is 4.42 Å². The Kier molecular flexibility index (Phi) is 7.96. The van der Waals surface area contributed by atoms with Gasteiger partial charge in [-0.25, -0.2) is 15.0 Å². The molecule has 0 amide bonds. The number of rotatable bonds is 5. The standard InChI is InChI=1S/C55H43N3O/c1-54(2)28-29-55(3,4)47-32-39(26-27-46(47)54)34-18-20-35(21-19-34)41-31-45(50-43-16-10-11-17-48(43)59-49(50)33-41)53-57-51(38-13-6-5-7-14-38)56-52(58-53)40-25-24-37-23-22-36-12-8-9-15-42(36)44(37)30-40/h5-27,30-33H,28-29H2,1-4H3. The molecule has 11 rings (SSSR count). The number of furan rings is 1. The lowest BCUT2D eigenvalue weighted by molar-refractivity contribution is 0.332.